The van der Waals surface area contributed by atoms with E-state index in [0.29, 0.717) is 6.04 Å². The molecule has 0 bridgehead atoms. The van der Waals surface area contributed by atoms with Crippen molar-refractivity contribution in [2.24, 2.45) is 11.7 Å². The summed E-state index contributed by atoms with van der Waals surface area (Å²) in [6, 6.07) is 6.97. The van der Waals surface area contributed by atoms with Crippen LogP contribution in [-0.4, -0.2) is 6.04 Å². The van der Waals surface area contributed by atoms with Crippen molar-refractivity contribution in [2.75, 3.05) is 0 Å². The summed E-state index contributed by atoms with van der Waals surface area (Å²) in [5, 5.41) is 0. The topological polar surface area (TPSA) is 26.0 Å². The molecule has 0 spiro atoms. The lowest BCUT2D eigenvalue weighted by Gasteiger charge is -2.16. The van der Waals surface area contributed by atoms with Crippen molar-refractivity contribution < 1.29 is 0 Å². The Morgan fingerprint density at radius 2 is 1.88 bits per heavy atom. The molecule has 0 saturated heterocycles. The van der Waals surface area contributed by atoms with Gasteiger partial charge in [-0.3, -0.25) is 0 Å². The van der Waals surface area contributed by atoms with Gasteiger partial charge < -0.3 is 5.73 Å². The van der Waals surface area contributed by atoms with Crippen molar-refractivity contribution in [3.63, 3.8) is 0 Å². The third kappa shape index (κ3) is 3.97. The third-order valence-electron chi connectivity index (χ3n) is 3.47. The number of benzene rings is 1. The van der Waals surface area contributed by atoms with Crippen LogP contribution < -0.4 is 5.73 Å². The summed E-state index contributed by atoms with van der Waals surface area (Å²) in [5.41, 5.74) is 10.3. The van der Waals surface area contributed by atoms with E-state index in [0.717, 1.165) is 18.8 Å². The van der Waals surface area contributed by atoms with Crippen molar-refractivity contribution in [3.8, 4) is 0 Å². The van der Waals surface area contributed by atoms with Crippen molar-refractivity contribution in [3.05, 3.63) is 34.9 Å². The van der Waals surface area contributed by atoms with Gasteiger partial charge in [-0.15, -0.1) is 0 Å². The number of hydrogen-bond donors (Lipinski definition) is 1. The average Bonchev–Trinajstić information content (AvgIpc) is 2.23. The fourth-order valence-corrected chi connectivity index (χ4v) is 2.00. The molecule has 2 atom stereocenters. The molecule has 1 rings (SSSR count). The Morgan fingerprint density at radius 1 is 1.19 bits per heavy atom. The van der Waals surface area contributed by atoms with Gasteiger partial charge >= 0.3 is 0 Å². The van der Waals surface area contributed by atoms with E-state index in [-0.39, 0.29) is 0 Å². The lowest BCUT2D eigenvalue weighted by atomic mass is 9.94. The number of hydrogen-bond acceptors (Lipinski definition) is 1. The summed E-state index contributed by atoms with van der Waals surface area (Å²) in [6.45, 7) is 8.82. The van der Waals surface area contributed by atoms with Crippen LogP contribution in [-0.2, 0) is 6.42 Å². The first-order valence-corrected chi connectivity index (χ1v) is 6.34. The molecule has 0 saturated carbocycles. The standard InChI is InChI=1S/C15H25N/c1-5-11(2)8-15(16)10-14-7-6-12(3)13(4)9-14/h6-7,9,11,15H,5,8,10,16H2,1-4H3. The first kappa shape index (κ1) is 13.2. The molecule has 1 aromatic rings. The Hall–Kier alpha value is -0.820. The quantitative estimate of drug-likeness (QED) is 0.804. The van der Waals surface area contributed by atoms with Gasteiger partial charge in [-0.25, -0.2) is 0 Å². The van der Waals surface area contributed by atoms with Crippen molar-refractivity contribution >= 4 is 0 Å². The zero-order valence-electron chi connectivity index (χ0n) is 11.1. The van der Waals surface area contributed by atoms with Gasteiger partial charge in [-0.05, 0) is 49.3 Å². The molecule has 0 amide bonds. The normalized spacial score (nSPS) is 14.8. The Labute approximate surface area is 100 Å². The third-order valence-corrected chi connectivity index (χ3v) is 3.47. The van der Waals surface area contributed by atoms with E-state index in [1.165, 1.54) is 23.1 Å². The first-order valence-electron chi connectivity index (χ1n) is 6.34. The molecule has 0 fully saturated rings. The second-order valence-electron chi connectivity index (χ2n) is 5.13. The highest BCUT2D eigenvalue weighted by molar-refractivity contribution is 5.30. The smallest absolute Gasteiger partial charge is 0.00818 e. The Bertz CT molecular complexity index is 330. The molecule has 2 N–H and O–H groups in total. The minimum Gasteiger partial charge on any atom is -0.327 e. The van der Waals surface area contributed by atoms with Crippen molar-refractivity contribution in [2.45, 2.75) is 53.0 Å². The van der Waals surface area contributed by atoms with Crippen LogP contribution in [0, 0.1) is 19.8 Å². The van der Waals surface area contributed by atoms with E-state index < -0.39 is 0 Å². The molecule has 0 aliphatic carbocycles. The van der Waals surface area contributed by atoms with E-state index >= 15 is 0 Å². The lowest BCUT2D eigenvalue weighted by molar-refractivity contribution is 0.450. The summed E-state index contributed by atoms with van der Waals surface area (Å²) < 4.78 is 0. The predicted molar refractivity (Wildman–Crippen MR) is 71.7 cm³/mol. The second-order valence-corrected chi connectivity index (χ2v) is 5.13. The van der Waals surface area contributed by atoms with Crippen LogP contribution in [0.3, 0.4) is 0 Å². The van der Waals surface area contributed by atoms with Gasteiger partial charge in [-0.1, -0.05) is 38.5 Å². The molecule has 0 radical (unpaired) electrons. The van der Waals surface area contributed by atoms with Crippen LogP contribution in [0.15, 0.2) is 18.2 Å². The number of rotatable bonds is 5. The van der Waals surface area contributed by atoms with Crippen LogP contribution in [0.5, 0.6) is 0 Å². The van der Waals surface area contributed by atoms with E-state index in [4.69, 9.17) is 5.73 Å². The molecule has 0 aliphatic heterocycles. The zero-order valence-corrected chi connectivity index (χ0v) is 11.1. The van der Waals surface area contributed by atoms with Gasteiger partial charge in [0.05, 0.1) is 0 Å². The maximum absolute atomic E-state index is 6.17. The minimum atomic E-state index is 0.303. The van der Waals surface area contributed by atoms with Crippen LogP contribution in [0.4, 0.5) is 0 Å². The molecular weight excluding hydrogens is 194 g/mol. The van der Waals surface area contributed by atoms with E-state index in [1.54, 1.807) is 0 Å². The van der Waals surface area contributed by atoms with Crippen LogP contribution in [0.1, 0.15) is 43.4 Å². The Kier molecular flexibility index (Phi) is 5.01. The molecule has 1 nitrogen and oxygen atoms in total. The van der Waals surface area contributed by atoms with Crippen molar-refractivity contribution in [1.82, 2.24) is 0 Å². The van der Waals surface area contributed by atoms with Crippen LogP contribution >= 0.6 is 0 Å². The SMILES string of the molecule is CCC(C)CC(N)Cc1ccc(C)c(C)c1. The molecule has 0 aromatic heterocycles. The van der Waals surface area contributed by atoms with Gasteiger partial charge in [0.2, 0.25) is 0 Å². The van der Waals surface area contributed by atoms with Gasteiger partial charge in [0.25, 0.3) is 0 Å². The maximum atomic E-state index is 6.17. The Balaban J connectivity index is 2.56. The van der Waals surface area contributed by atoms with Crippen molar-refractivity contribution in [1.29, 1.82) is 0 Å². The minimum absolute atomic E-state index is 0.303. The summed E-state index contributed by atoms with van der Waals surface area (Å²) in [4.78, 5) is 0. The molecule has 0 heterocycles. The van der Waals surface area contributed by atoms with E-state index in [1.807, 2.05) is 0 Å². The summed E-state index contributed by atoms with van der Waals surface area (Å²) >= 11 is 0. The average molecular weight is 219 g/mol. The second kappa shape index (κ2) is 6.05. The van der Waals surface area contributed by atoms with Gasteiger partial charge in [0, 0.05) is 6.04 Å². The summed E-state index contributed by atoms with van der Waals surface area (Å²) in [5.74, 6) is 0.738. The molecule has 1 heteroatoms. The highest BCUT2D eigenvalue weighted by atomic mass is 14.6. The van der Waals surface area contributed by atoms with Crippen LogP contribution in [0.25, 0.3) is 0 Å². The van der Waals surface area contributed by atoms with Gasteiger partial charge in [-0.2, -0.15) is 0 Å². The maximum Gasteiger partial charge on any atom is 0.00818 e. The van der Waals surface area contributed by atoms with E-state index in [9.17, 15) is 0 Å². The molecule has 2 unspecified atom stereocenters. The molecule has 16 heavy (non-hydrogen) atoms. The molecule has 1 aromatic carbocycles. The Morgan fingerprint density at radius 3 is 2.44 bits per heavy atom. The highest BCUT2D eigenvalue weighted by Crippen LogP contribution is 2.15. The van der Waals surface area contributed by atoms with Gasteiger partial charge in [0.15, 0.2) is 0 Å². The van der Waals surface area contributed by atoms with Crippen LogP contribution in [0.2, 0.25) is 0 Å². The molecule has 90 valence electrons. The summed E-state index contributed by atoms with van der Waals surface area (Å²) in [6.07, 6.45) is 3.36. The zero-order chi connectivity index (χ0) is 12.1. The largest absolute Gasteiger partial charge is 0.327 e. The predicted octanol–water partition coefficient (Wildman–Crippen LogP) is 3.61. The van der Waals surface area contributed by atoms with E-state index in [2.05, 4.69) is 45.9 Å². The monoisotopic (exact) mass is 219 g/mol. The molecular formula is C15H25N. The van der Waals surface area contributed by atoms with Gasteiger partial charge in [0.1, 0.15) is 0 Å². The fraction of sp³-hybridized carbons (Fsp3) is 0.600. The number of nitrogens with two attached hydrogens (primary N) is 1. The number of aryl methyl sites for hydroxylation is 2. The first-order chi connectivity index (χ1) is 7.52. The summed E-state index contributed by atoms with van der Waals surface area (Å²) in [7, 11) is 0. The highest BCUT2D eigenvalue weighted by Gasteiger charge is 2.08. The fourth-order valence-electron chi connectivity index (χ4n) is 2.00. The molecule has 0 aliphatic rings. The lowest BCUT2D eigenvalue weighted by Crippen LogP contribution is -2.25.